The van der Waals surface area contributed by atoms with Gasteiger partial charge in [-0.2, -0.15) is 0 Å². The van der Waals surface area contributed by atoms with Gasteiger partial charge >= 0.3 is 0 Å². The summed E-state index contributed by atoms with van der Waals surface area (Å²) in [5.41, 5.74) is 1.50. The average molecular weight is 286 g/mol. The van der Waals surface area contributed by atoms with Gasteiger partial charge in [-0.25, -0.2) is 0 Å². The van der Waals surface area contributed by atoms with Gasteiger partial charge in [-0.3, -0.25) is 0 Å². The predicted octanol–water partition coefficient (Wildman–Crippen LogP) is 3.69. The van der Waals surface area contributed by atoms with Crippen LogP contribution in [-0.2, 0) is 6.42 Å². The highest BCUT2D eigenvalue weighted by molar-refractivity contribution is 14.1. The van der Waals surface area contributed by atoms with Gasteiger partial charge in [0, 0.05) is 4.43 Å². The van der Waals surface area contributed by atoms with Crippen LogP contribution in [-0.4, -0.2) is 4.43 Å². The summed E-state index contributed by atoms with van der Waals surface area (Å²) in [6.07, 6.45) is 4.16. The first-order chi connectivity index (χ1) is 6.40. The van der Waals surface area contributed by atoms with E-state index in [1.54, 1.807) is 0 Å². The minimum atomic E-state index is 1.04. The Morgan fingerprint density at radius 2 is 1.92 bits per heavy atom. The number of hydrogen-bond donors (Lipinski definition) is 0. The van der Waals surface area contributed by atoms with E-state index in [0.717, 1.165) is 11.8 Å². The first-order valence-electron chi connectivity index (χ1n) is 5.00. The average Bonchev–Trinajstić information content (AvgIpc) is 2.95. The van der Waals surface area contributed by atoms with Crippen molar-refractivity contribution in [3.8, 4) is 0 Å². The van der Waals surface area contributed by atoms with Crippen molar-refractivity contribution in [2.45, 2.75) is 19.3 Å². The highest BCUT2D eigenvalue weighted by atomic mass is 127. The maximum absolute atomic E-state index is 2.51. The minimum absolute atomic E-state index is 1.04. The van der Waals surface area contributed by atoms with Gasteiger partial charge in [0.2, 0.25) is 0 Å². The van der Waals surface area contributed by atoms with Gasteiger partial charge in [0.1, 0.15) is 0 Å². The van der Waals surface area contributed by atoms with E-state index >= 15 is 0 Å². The predicted molar refractivity (Wildman–Crippen MR) is 65.2 cm³/mol. The molecule has 0 N–H and O–H groups in total. The number of benzene rings is 1. The second-order valence-electron chi connectivity index (χ2n) is 3.93. The van der Waals surface area contributed by atoms with Crippen LogP contribution in [0.1, 0.15) is 18.4 Å². The molecule has 0 amide bonds. The van der Waals surface area contributed by atoms with E-state index in [2.05, 4.69) is 52.9 Å². The maximum atomic E-state index is 2.51. The molecule has 70 valence electrons. The number of alkyl halides is 1. The van der Waals surface area contributed by atoms with Crippen LogP contribution >= 0.6 is 22.6 Å². The zero-order valence-electron chi connectivity index (χ0n) is 7.75. The molecule has 1 aliphatic rings. The van der Waals surface area contributed by atoms with E-state index < -0.39 is 0 Å². The van der Waals surface area contributed by atoms with Crippen molar-refractivity contribution in [1.29, 1.82) is 0 Å². The molecule has 0 nitrogen and oxygen atoms in total. The Morgan fingerprint density at radius 1 is 1.15 bits per heavy atom. The van der Waals surface area contributed by atoms with Gasteiger partial charge < -0.3 is 0 Å². The number of hydrogen-bond acceptors (Lipinski definition) is 0. The van der Waals surface area contributed by atoms with E-state index in [0.29, 0.717) is 0 Å². The van der Waals surface area contributed by atoms with E-state index in [4.69, 9.17) is 0 Å². The van der Waals surface area contributed by atoms with Crippen molar-refractivity contribution in [1.82, 2.24) is 0 Å². The lowest BCUT2D eigenvalue weighted by Gasteiger charge is -1.99. The van der Waals surface area contributed by atoms with Crippen LogP contribution in [0.5, 0.6) is 0 Å². The molecule has 0 bridgehead atoms. The molecule has 0 radical (unpaired) electrons. The normalized spacial score (nSPS) is 25.9. The fraction of sp³-hybridized carbons (Fsp3) is 0.500. The number of aryl methyl sites for hydroxylation is 1. The standard InChI is InChI=1S/C12H15I/c13-9-12-8-11(12)7-6-10-4-2-1-3-5-10/h1-5,11-12H,6-9H2/t11-,12-/m0/s1. The van der Waals surface area contributed by atoms with Gasteiger partial charge in [-0.1, -0.05) is 52.9 Å². The van der Waals surface area contributed by atoms with E-state index in [1.807, 2.05) is 0 Å². The Kier molecular flexibility index (Phi) is 3.25. The second-order valence-corrected chi connectivity index (χ2v) is 4.82. The summed E-state index contributed by atoms with van der Waals surface area (Å²) < 4.78 is 1.36. The molecule has 0 aromatic heterocycles. The van der Waals surface area contributed by atoms with Crippen LogP contribution in [0.15, 0.2) is 30.3 Å². The first kappa shape index (κ1) is 9.50. The van der Waals surface area contributed by atoms with Gasteiger partial charge in [-0.05, 0) is 36.7 Å². The molecule has 2 rings (SSSR count). The molecule has 0 saturated heterocycles. The molecule has 2 atom stereocenters. The molecule has 13 heavy (non-hydrogen) atoms. The van der Waals surface area contributed by atoms with Crippen molar-refractivity contribution in [3.05, 3.63) is 35.9 Å². The second kappa shape index (κ2) is 4.45. The summed E-state index contributed by atoms with van der Waals surface area (Å²) >= 11 is 2.51. The molecule has 1 fully saturated rings. The van der Waals surface area contributed by atoms with Crippen LogP contribution < -0.4 is 0 Å². The summed E-state index contributed by atoms with van der Waals surface area (Å²) in [6.45, 7) is 0. The Morgan fingerprint density at radius 3 is 2.54 bits per heavy atom. The van der Waals surface area contributed by atoms with Gasteiger partial charge in [0.15, 0.2) is 0 Å². The lowest BCUT2D eigenvalue weighted by molar-refractivity contribution is 0.680. The summed E-state index contributed by atoms with van der Waals surface area (Å²) in [7, 11) is 0. The Hall–Kier alpha value is -0.0500. The quantitative estimate of drug-likeness (QED) is 0.585. The molecule has 0 unspecified atom stereocenters. The summed E-state index contributed by atoms with van der Waals surface area (Å²) in [6, 6.07) is 10.8. The van der Waals surface area contributed by atoms with Crippen LogP contribution in [0, 0.1) is 11.8 Å². The maximum Gasteiger partial charge on any atom is 0.00264 e. The molecule has 1 aromatic rings. The summed E-state index contributed by atoms with van der Waals surface area (Å²) in [5, 5.41) is 0. The summed E-state index contributed by atoms with van der Waals surface area (Å²) in [5.74, 6) is 2.08. The van der Waals surface area contributed by atoms with Crippen LogP contribution in [0.4, 0.5) is 0 Å². The van der Waals surface area contributed by atoms with Gasteiger partial charge in [-0.15, -0.1) is 0 Å². The number of rotatable bonds is 4. The SMILES string of the molecule is IC[C@@H]1C[C@@H]1CCc1ccccc1. The van der Waals surface area contributed by atoms with E-state index in [-0.39, 0.29) is 0 Å². The topological polar surface area (TPSA) is 0 Å². The first-order valence-corrected chi connectivity index (χ1v) is 6.52. The molecule has 1 saturated carbocycles. The molecule has 1 aromatic carbocycles. The smallest absolute Gasteiger partial charge is 0.00264 e. The number of halogens is 1. The molecule has 0 aliphatic heterocycles. The van der Waals surface area contributed by atoms with Crippen molar-refractivity contribution in [2.24, 2.45) is 11.8 Å². The fourth-order valence-corrected chi connectivity index (χ4v) is 2.93. The fourth-order valence-electron chi connectivity index (χ4n) is 1.85. The Bertz CT molecular complexity index is 255. The largest absolute Gasteiger partial charge is 0.0861 e. The summed E-state index contributed by atoms with van der Waals surface area (Å²) in [4.78, 5) is 0. The molecule has 0 heterocycles. The Labute approximate surface area is 93.9 Å². The lowest BCUT2D eigenvalue weighted by atomic mass is 10.1. The Balaban J connectivity index is 1.75. The molecule has 0 spiro atoms. The highest BCUT2D eigenvalue weighted by Crippen LogP contribution is 2.42. The van der Waals surface area contributed by atoms with Crippen molar-refractivity contribution >= 4 is 22.6 Å². The van der Waals surface area contributed by atoms with Crippen molar-refractivity contribution in [2.75, 3.05) is 4.43 Å². The molecular formula is C12H15I. The van der Waals surface area contributed by atoms with Gasteiger partial charge in [0.25, 0.3) is 0 Å². The third kappa shape index (κ3) is 2.70. The van der Waals surface area contributed by atoms with Crippen LogP contribution in [0.2, 0.25) is 0 Å². The third-order valence-electron chi connectivity index (χ3n) is 2.91. The van der Waals surface area contributed by atoms with Crippen LogP contribution in [0.3, 0.4) is 0 Å². The van der Waals surface area contributed by atoms with E-state index in [9.17, 15) is 0 Å². The van der Waals surface area contributed by atoms with E-state index in [1.165, 1.54) is 29.3 Å². The molecule has 1 heteroatoms. The molecular weight excluding hydrogens is 271 g/mol. The zero-order chi connectivity index (χ0) is 9.10. The van der Waals surface area contributed by atoms with Crippen LogP contribution in [0.25, 0.3) is 0 Å². The van der Waals surface area contributed by atoms with Gasteiger partial charge in [0.05, 0.1) is 0 Å². The van der Waals surface area contributed by atoms with Crippen molar-refractivity contribution < 1.29 is 0 Å². The third-order valence-corrected chi connectivity index (χ3v) is 4.05. The lowest BCUT2D eigenvalue weighted by Crippen LogP contribution is -1.89. The highest BCUT2D eigenvalue weighted by Gasteiger charge is 2.34. The minimum Gasteiger partial charge on any atom is -0.0861 e. The molecule has 1 aliphatic carbocycles. The zero-order valence-corrected chi connectivity index (χ0v) is 9.91. The monoisotopic (exact) mass is 286 g/mol. The van der Waals surface area contributed by atoms with Crippen molar-refractivity contribution in [3.63, 3.8) is 0 Å².